The van der Waals surface area contributed by atoms with Crippen LogP contribution in [0.5, 0.6) is 17.2 Å². The lowest BCUT2D eigenvalue weighted by atomic mass is 10.2. The molecular weight excluding hydrogens is 258 g/mol. The number of rotatable bonds is 9. The summed E-state index contributed by atoms with van der Waals surface area (Å²) in [5.74, 6) is 2.01. The van der Waals surface area contributed by atoms with E-state index in [2.05, 4.69) is 12.2 Å². The highest BCUT2D eigenvalue weighted by molar-refractivity contribution is 5.53. The lowest BCUT2D eigenvalue weighted by molar-refractivity contribution is 0.168. The average Bonchev–Trinajstić information content (AvgIpc) is 2.44. The molecule has 0 amide bonds. The van der Waals surface area contributed by atoms with Crippen LogP contribution in [-0.2, 0) is 4.74 Å². The summed E-state index contributed by atoms with van der Waals surface area (Å²) in [5.41, 5.74) is 1.07. The first-order valence-electron chi connectivity index (χ1n) is 6.70. The van der Waals surface area contributed by atoms with Crippen molar-refractivity contribution in [2.24, 2.45) is 0 Å². The van der Waals surface area contributed by atoms with E-state index in [1.54, 1.807) is 21.3 Å². The van der Waals surface area contributed by atoms with Gasteiger partial charge in [0.25, 0.3) is 0 Å². The topological polar surface area (TPSA) is 49.0 Å². The molecule has 1 atom stereocenters. The zero-order chi connectivity index (χ0) is 15.0. The maximum Gasteiger partial charge on any atom is 0.203 e. The van der Waals surface area contributed by atoms with Crippen LogP contribution in [0.15, 0.2) is 12.1 Å². The van der Waals surface area contributed by atoms with Crippen molar-refractivity contribution < 1.29 is 18.9 Å². The van der Waals surface area contributed by atoms with Gasteiger partial charge >= 0.3 is 0 Å². The predicted molar refractivity (Wildman–Crippen MR) is 79.1 cm³/mol. The Kier molecular flexibility index (Phi) is 7.18. The van der Waals surface area contributed by atoms with E-state index in [1.807, 2.05) is 19.1 Å². The summed E-state index contributed by atoms with van der Waals surface area (Å²) in [6.45, 7) is 5.99. The first kappa shape index (κ1) is 16.6. The Bertz CT molecular complexity index is 384. The molecular formula is C15H25NO4. The van der Waals surface area contributed by atoms with E-state index in [-0.39, 0.29) is 0 Å². The van der Waals surface area contributed by atoms with Gasteiger partial charge in [0, 0.05) is 19.7 Å². The van der Waals surface area contributed by atoms with Crippen LogP contribution in [0, 0.1) is 6.92 Å². The summed E-state index contributed by atoms with van der Waals surface area (Å²) in [5, 5.41) is 3.31. The minimum atomic E-state index is 0.297. The van der Waals surface area contributed by atoms with E-state index in [1.165, 1.54) is 0 Å². The molecule has 0 aliphatic carbocycles. The fourth-order valence-electron chi connectivity index (χ4n) is 1.92. The summed E-state index contributed by atoms with van der Waals surface area (Å²) >= 11 is 0. The fraction of sp³-hybridized carbons (Fsp3) is 0.600. The molecule has 0 saturated heterocycles. The monoisotopic (exact) mass is 283 g/mol. The molecule has 1 unspecified atom stereocenters. The van der Waals surface area contributed by atoms with E-state index >= 15 is 0 Å². The molecule has 0 radical (unpaired) electrons. The lowest BCUT2D eigenvalue weighted by Crippen LogP contribution is -2.33. The van der Waals surface area contributed by atoms with Gasteiger partial charge in [0.15, 0.2) is 11.5 Å². The second-order valence-corrected chi connectivity index (χ2v) is 4.66. The molecule has 5 nitrogen and oxygen atoms in total. The number of nitrogens with one attached hydrogen (secondary N) is 1. The third kappa shape index (κ3) is 4.90. The minimum Gasteiger partial charge on any atom is -0.493 e. The number of hydrogen-bond acceptors (Lipinski definition) is 5. The molecule has 5 heteroatoms. The number of benzene rings is 1. The normalized spacial score (nSPS) is 12.1. The molecule has 0 heterocycles. The Morgan fingerprint density at radius 2 is 1.70 bits per heavy atom. The van der Waals surface area contributed by atoms with Crippen molar-refractivity contribution in [3.63, 3.8) is 0 Å². The van der Waals surface area contributed by atoms with Crippen molar-refractivity contribution in [3.8, 4) is 17.2 Å². The van der Waals surface area contributed by atoms with Crippen molar-refractivity contribution in [1.82, 2.24) is 5.32 Å². The molecule has 0 aromatic heterocycles. The van der Waals surface area contributed by atoms with Crippen molar-refractivity contribution >= 4 is 0 Å². The maximum atomic E-state index is 5.78. The molecule has 0 spiro atoms. The Morgan fingerprint density at radius 3 is 2.20 bits per heavy atom. The van der Waals surface area contributed by atoms with Crippen LogP contribution in [0.4, 0.5) is 0 Å². The van der Waals surface area contributed by atoms with E-state index in [9.17, 15) is 0 Å². The standard InChI is InChI=1S/C15H25NO4/c1-11-8-13(18-4)15(14(9-11)19-5)20-7-6-16-12(2)10-17-3/h8-9,12,16H,6-7,10H2,1-5H3. The Balaban J connectivity index is 2.58. The van der Waals surface area contributed by atoms with Gasteiger partial charge in [-0.1, -0.05) is 0 Å². The molecule has 114 valence electrons. The highest BCUT2D eigenvalue weighted by Crippen LogP contribution is 2.38. The van der Waals surface area contributed by atoms with Gasteiger partial charge in [-0.15, -0.1) is 0 Å². The van der Waals surface area contributed by atoms with Gasteiger partial charge in [-0.05, 0) is 31.5 Å². The van der Waals surface area contributed by atoms with Gasteiger partial charge in [-0.3, -0.25) is 0 Å². The zero-order valence-corrected chi connectivity index (χ0v) is 13.0. The van der Waals surface area contributed by atoms with Crippen LogP contribution >= 0.6 is 0 Å². The van der Waals surface area contributed by atoms with Crippen LogP contribution in [0.1, 0.15) is 12.5 Å². The molecule has 0 fully saturated rings. The van der Waals surface area contributed by atoms with Crippen LogP contribution in [0.3, 0.4) is 0 Å². The first-order chi connectivity index (χ1) is 9.62. The predicted octanol–water partition coefficient (Wildman–Crippen LogP) is 2.02. The van der Waals surface area contributed by atoms with Crippen LogP contribution < -0.4 is 19.5 Å². The van der Waals surface area contributed by atoms with E-state index in [4.69, 9.17) is 18.9 Å². The van der Waals surface area contributed by atoms with E-state index in [0.29, 0.717) is 36.5 Å². The largest absolute Gasteiger partial charge is 0.493 e. The quantitative estimate of drug-likeness (QED) is 0.703. The SMILES string of the molecule is COCC(C)NCCOc1c(OC)cc(C)cc1OC. The van der Waals surface area contributed by atoms with Crippen LogP contribution in [0.25, 0.3) is 0 Å². The maximum absolute atomic E-state index is 5.78. The molecule has 1 N–H and O–H groups in total. The van der Waals surface area contributed by atoms with Crippen molar-refractivity contribution in [2.45, 2.75) is 19.9 Å². The molecule has 0 saturated carbocycles. The average molecular weight is 283 g/mol. The lowest BCUT2D eigenvalue weighted by Gasteiger charge is -2.17. The molecule has 0 bridgehead atoms. The molecule has 0 aliphatic heterocycles. The van der Waals surface area contributed by atoms with Gasteiger partial charge in [0.1, 0.15) is 6.61 Å². The Hall–Kier alpha value is -1.46. The molecule has 20 heavy (non-hydrogen) atoms. The van der Waals surface area contributed by atoms with Crippen LogP contribution in [0.2, 0.25) is 0 Å². The Labute approximate surface area is 121 Å². The van der Waals surface area contributed by atoms with Gasteiger partial charge in [0.05, 0.1) is 20.8 Å². The van der Waals surface area contributed by atoms with E-state index < -0.39 is 0 Å². The van der Waals surface area contributed by atoms with Crippen molar-refractivity contribution in [1.29, 1.82) is 0 Å². The third-order valence-electron chi connectivity index (χ3n) is 2.86. The number of ether oxygens (including phenoxy) is 4. The van der Waals surface area contributed by atoms with Gasteiger partial charge in [-0.2, -0.15) is 0 Å². The summed E-state index contributed by atoms with van der Waals surface area (Å²) in [6, 6.07) is 4.16. The van der Waals surface area contributed by atoms with Gasteiger partial charge in [-0.25, -0.2) is 0 Å². The second kappa shape index (κ2) is 8.66. The third-order valence-corrected chi connectivity index (χ3v) is 2.86. The number of methoxy groups -OCH3 is 3. The molecule has 1 aromatic carbocycles. The van der Waals surface area contributed by atoms with Gasteiger partial charge < -0.3 is 24.3 Å². The molecule has 0 aliphatic rings. The molecule has 1 aromatic rings. The number of hydrogen-bond donors (Lipinski definition) is 1. The van der Waals surface area contributed by atoms with Gasteiger partial charge in [0.2, 0.25) is 5.75 Å². The molecule has 1 rings (SSSR count). The Morgan fingerprint density at radius 1 is 1.10 bits per heavy atom. The zero-order valence-electron chi connectivity index (χ0n) is 13.0. The summed E-state index contributed by atoms with van der Waals surface area (Å²) < 4.78 is 21.5. The number of aryl methyl sites for hydroxylation is 1. The highest BCUT2D eigenvalue weighted by atomic mass is 16.5. The summed E-state index contributed by atoms with van der Waals surface area (Å²) in [4.78, 5) is 0. The van der Waals surface area contributed by atoms with Crippen molar-refractivity contribution in [2.75, 3.05) is 41.1 Å². The second-order valence-electron chi connectivity index (χ2n) is 4.66. The van der Waals surface area contributed by atoms with Crippen molar-refractivity contribution in [3.05, 3.63) is 17.7 Å². The smallest absolute Gasteiger partial charge is 0.203 e. The minimum absolute atomic E-state index is 0.297. The first-order valence-corrected chi connectivity index (χ1v) is 6.70. The van der Waals surface area contributed by atoms with E-state index in [0.717, 1.165) is 12.1 Å². The highest BCUT2D eigenvalue weighted by Gasteiger charge is 2.12. The summed E-state index contributed by atoms with van der Waals surface area (Å²) in [6.07, 6.45) is 0. The van der Waals surface area contributed by atoms with Crippen LogP contribution in [-0.4, -0.2) is 47.1 Å². The summed E-state index contributed by atoms with van der Waals surface area (Å²) in [7, 11) is 4.94. The fourth-order valence-corrected chi connectivity index (χ4v) is 1.92.